The topological polar surface area (TPSA) is 87.3 Å². The molecular weight excluding hydrogens is 362 g/mol. The number of rotatable bonds is 5. The molecule has 3 N–H and O–H groups in total. The number of nitrogens with one attached hydrogen (secondary N) is 3. The highest BCUT2D eigenvalue weighted by Crippen LogP contribution is 2.21. The van der Waals surface area contributed by atoms with E-state index in [2.05, 4.69) is 15.4 Å². The van der Waals surface area contributed by atoms with Gasteiger partial charge in [-0.2, -0.15) is 0 Å². The van der Waals surface area contributed by atoms with E-state index >= 15 is 0 Å². The third-order valence-corrected chi connectivity index (χ3v) is 5.42. The first kappa shape index (κ1) is 19.2. The molecule has 8 heteroatoms. The fourth-order valence-electron chi connectivity index (χ4n) is 2.21. The van der Waals surface area contributed by atoms with Crippen LogP contribution in [0.25, 0.3) is 0 Å². The fourth-order valence-corrected chi connectivity index (χ4v) is 3.09. The summed E-state index contributed by atoms with van der Waals surface area (Å²) >= 11 is 5.86. The summed E-state index contributed by atoms with van der Waals surface area (Å²) in [4.78, 5) is 12.3. The standard InChI is InChI=1S/C17H20ClN3O3S/c1-11-4-9-15(25(23,24)19-3)10-16(11)21-17(22)20-12(2)13-5-7-14(18)8-6-13/h4-10,12,19H,1-3H3,(H2,20,21,22). The van der Waals surface area contributed by atoms with E-state index in [9.17, 15) is 13.2 Å². The fraction of sp³-hybridized carbons (Fsp3) is 0.235. The van der Waals surface area contributed by atoms with Crippen LogP contribution in [0, 0.1) is 6.92 Å². The van der Waals surface area contributed by atoms with Crippen LogP contribution in [0.5, 0.6) is 0 Å². The minimum atomic E-state index is -3.58. The van der Waals surface area contributed by atoms with Crippen molar-refractivity contribution in [3.8, 4) is 0 Å². The second-order valence-electron chi connectivity index (χ2n) is 5.56. The van der Waals surface area contributed by atoms with Crippen molar-refractivity contribution in [2.45, 2.75) is 24.8 Å². The van der Waals surface area contributed by atoms with Gasteiger partial charge in [-0.3, -0.25) is 0 Å². The molecule has 0 aliphatic carbocycles. The molecule has 2 aromatic carbocycles. The molecule has 1 atom stereocenters. The highest BCUT2D eigenvalue weighted by atomic mass is 35.5. The number of carbonyl (C=O) groups excluding carboxylic acids is 1. The Morgan fingerprint density at radius 1 is 1.12 bits per heavy atom. The van der Waals surface area contributed by atoms with Gasteiger partial charge in [0.1, 0.15) is 0 Å². The van der Waals surface area contributed by atoms with Crippen LogP contribution in [-0.2, 0) is 10.0 Å². The maximum Gasteiger partial charge on any atom is 0.319 e. The number of benzene rings is 2. The molecular formula is C17H20ClN3O3S. The number of sulfonamides is 1. The smallest absolute Gasteiger partial charge is 0.319 e. The van der Waals surface area contributed by atoms with Gasteiger partial charge < -0.3 is 10.6 Å². The van der Waals surface area contributed by atoms with Gasteiger partial charge in [-0.05, 0) is 56.3 Å². The van der Waals surface area contributed by atoms with Gasteiger partial charge in [0, 0.05) is 10.7 Å². The first-order chi connectivity index (χ1) is 11.7. The summed E-state index contributed by atoms with van der Waals surface area (Å²) < 4.78 is 26.0. The summed E-state index contributed by atoms with van der Waals surface area (Å²) in [5, 5.41) is 6.12. The lowest BCUT2D eigenvalue weighted by atomic mass is 10.1. The van der Waals surface area contributed by atoms with Gasteiger partial charge in [0.15, 0.2) is 0 Å². The summed E-state index contributed by atoms with van der Waals surface area (Å²) in [5.41, 5.74) is 2.09. The molecule has 0 heterocycles. The van der Waals surface area contributed by atoms with Crippen LogP contribution in [0.1, 0.15) is 24.1 Å². The zero-order chi connectivity index (χ0) is 18.6. The van der Waals surface area contributed by atoms with E-state index < -0.39 is 16.1 Å². The SMILES string of the molecule is CNS(=O)(=O)c1ccc(C)c(NC(=O)NC(C)c2ccc(Cl)cc2)c1. The van der Waals surface area contributed by atoms with Gasteiger partial charge in [0.05, 0.1) is 10.9 Å². The van der Waals surface area contributed by atoms with Crippen molar-refractivity contribution >= 4 is 33.3 Å². The Labute approximate surface area is 152 Å². The summed E-state index contributed by atoms with van der Waals surface area (Å²) in [6, 6.07) is 11.1. The second-order valence-corrected chi connectivity index (χ2v) is 7.88. The lowest BCUT2D eigenvalue weighted by molar-refractivity contribution is 0.249. The Morgan fingerprint density at radius 3 is 2.36 bits per heavy atom. The highest BCUT2D eigenvalue weighted by Gasteiger charge is 2.15. The van der Waals surface area contributed by atoms with E-state index in [1.807, 2.05) is 19.1 Å². The molecule has 0 aliphatic rings. The van der Waals surface area contributed by atoms with Crippen molar-refractivity contribution in [2.24, 2.45) is 0 Å². The van der Waals surface area contributed by atoms with E-state index in [1.165, 1.54) is 19.2 Å². The Morgan fingerprint density at radius 2 is 1.76 bits per heavy atom. The van der Waals surface area contributed by atoms with Crippen LogP contribution in [0.15, 0.2) is 47.4 Å². The molecule has 2 amide bonds. The average Bonchev–Trinajstić information content (AvgIpc) is 2.57. The van der Waals surface area contributed by atoms with Gasteiger partial charge in [-0.1, -0.05) is 29.8 Å². The molecule has 0 spiro atoms. The van der Waals surface area contributed by atoms with Crippen LogP contribution >= 0.6 is 11.6 Å². The largest absolute Gasteiger partial charge is 0.331 e. The van der Waals surface area contributed by atoms with E-state index in [4.69, 9.17) is 11.6 Å². The van der Waals surface area contributed by atoms with Crippen molar-refractivity contribution in [1.29, 1.82) is 0 Å². The molecule has 134 valence electrons. The molecule has 25 heavy (non-hydrogen) atoms. The van der Waals surface area contributed by atoms with Crippen molar-refractivity contribution in [2.75, 3.05) is 12.4 Å². The lowest BCUT2D eigenvalue weighted by Crippen LogP contribution is -2.31. The Kier molecular flexibility index (Phi) is 6.05. The predicted molar refractivity (Wildman–Crippen MR) is 99.4 cm³/mol. The third kappa shape index (κ3) is 4.94. The van der Waals surface area contributed by atoms with Gasteiger partial charge in [0.25, 0.3) is 0 Å². The molecule has 0 aromatic heterocycles. The quantitative estimate of drug-likeness (QED) is 0.741. The molecule has 0 radical (unpaired) electrons. The van der Waals surface area contributed by atoms with Gasteiger partial charge in [0.2, 0.25) is 10.0 Å². The maximum absolute atomic E-state index is 12.2. The van der Waals surface area contributed by atoms with Crippen molar-refractivity contribution in [1.82, 2.24) is 10.0 Å². The van der Waals surface area contributed by atoms with E-state index in [0.717, 1.165) is 11.1 Å². The van der Waals surface area contributed by atoms with E-state index in [0.29, 0.717) is 10.7 Å². The molecule has 0 aliphatic heterocycles. The van der Waals surface area contributed by atoms with Gasteiger partial charge in [-0.15, -0.1) is 0 Å². The molecule has 2 rings (SSSR count). The molecule has 0 fully saturated rings. The number of carbonyl (C=O) groups is 1. The molecule has 0 bridgehead atoms. The van der Waals surface area contributed by atoms with E-state index in [1.54, 1.807) is 25.1 Å². The Balaban J connectivity index is 2.12. The summed E-state index contributed by atoms with van der Waals surface area (Å²) in [5.74, 6) is 0. The number of amides is 2. The van der Waals surface area contributed by atoms with Crippen LogP contribution < -0.4 is 15.4 Å². The van der Waals surface area contributed by atoms with Crippen molar-refractivity contribution in [3.63, 3.8) is 0 Å². The summed E-state index contributed by atoms with van der Waals surface area (Å²) in [6.07, 6.45) is 0. The minimum Gasteiger partial charge on any atom is -0.331 e. The number of urea groups is 1. The number of anilines is 1. The number of hydrogen-bond donors (Lipinski definition) is 3. The molecule has 0 saturated carbocycles. The Bertz CT molecular complexity index is 867. The summed E-state index contributed by atoms with van der Waals surface area (Å²) in [7, 11) is -2.24. The zero-order valence-electron chi connectivity index (χ0n) is 14.1. The number of hydrogen-bond acceptors (Lipinski definition) is 3. The van der Waals surface area contributed by atoms with Gasteiger partial charge in [-0.25, -0.2) is 17.9 Å². The predicted octanol–water partition coefficient (Wildman–Crippen LogP) is 3.44. The number of aryl methyl sites for hydroxylation is 1. The Hall–Kier alpha value is -2.09. The lowest BCUT2D eigenvalue weighted by Gasteiger charge is -2.16. The third-order valence-electron chi connectivity index (χ3n) is 3.75. The molecule has 2 aromatic rings. The van der Waals surface area contributed by atoms with Crippen LogP contribution in [0.3, 0.4) is 0 Å². The summed E-state index contributed by atoms with van der Waals surface area (Å²) in [6.45, 7) is 3.63. The molecule has 1 unspecified atom stereocenters. The number of halogens is 1. The van der Waals surface area contributed by atoms with Gasteiger partial charge >= 0.3 is 6.03 Å². The van der Waals surface area contributed by atoms with Crippen LogP contribution in [0.4, 0.5) is 10.5 Å². The van der Waals surface area contributed by atoms with Crippen LogP contribution in [0.2, 0.25) is 5.02 Å². The van der Waals surface area contributed by atoms with Crippen LogP contribution in [-0.4, -0.2) is 21.5 Å². The molecule has 0 saturated heterocycles. The van der Waals surface area contributed by atoms with Crippen molar-refractivity contribution < 1.29 is 13.2 Å². The monoisotopic (exact) mass is 381 g/mol. The first-order valence-corrected chi connectivity index (χ1v) is 9.46. The highest BCUT2D eigenvalue weighted by molar-refractivity contribution is 7.89. The average molecular weight is 382 g/mol. The maximum atomic E-state index is 12.2. The van der Waals surface area contributed by atoms with Crippen molar-refractivity contribution in [3.05, 3.63) is 58.6 Å². The molecule has 6 nitrogen and oxygen atoms in total. The van der Waals surface area contributed by atoms with E-state index in [-0.39, 0.29) is 10.9 Å². The zero-order valence-corrected chi connectivity index (χ0v) is 15.7. The second kappa shape index (κ2) is 7.86. The normalized spacial score (nSPS) is 12.5. The minimum absolute atomic E-state index is 0.0849. The first-order valence-electron chi connectivity index (χ1n) is 7.60.